The number of benzene rings is 3. The number of nitrogens with zero attached hydrogens (tertiary/aromatic N) is 1. The highest BCUT2D eigenvalue weighted by molar-refractivity contribution is 6.12. The van der Waals surface area contributed by atoms with Gasteiger partial charge in [-0.05, 0) is 22.4 Å². The van der Waals surface area contributed by atoms with Crippen molar-refractivity contribution in [1.29, 1.82) is 0 Å². The van der Waals surface area contributed by atoms with Crippen LogP contribution in [0.1, 0.15) is 15.9 Å². The number of hydrogen-bond donors (Lipinski definition) is 2. The zero-order valence-corrected chi connectivity index (χ0v) is 12.6. The van der Waals surface area contributed by atoms with Crippen LogP contribution in [0.15, 0.2) is 77.8 Å². The highest BCUT2D eigenvalue weighted by Crippen LogP contribution is 2.18. The van der Waals surface area contributed by atoms with Crippen LogP contribution in [0, 0.1) is 0 Å². The highest BCUT2D eigenvalue weighted by atomic mass is 16.1. The van der Waals surface area contributed by atoms with Gasteiger partial charge in [-0.2, -0.15) is 0 Å². The van der Waals surface area contributed by atoms with E-state index in [-0.39, 0.29) is 11.9 Å². The number of nitrogens with two attached hydrogens (primary N) is 1. The van der Waals surface area contributed by atoms with E-state index in [4.69, 9.17) is 5.73 Å². The van der Waals surface area contributed by atoms with Crippen LogP contribution in [0.4, 0.5) is 0 Å². The molecule has 0 saturated carbocycles. The summed E-state index contributed by atoms with van der Waals surface area (Å²) in [7, 11) is 0. The standard InChI is InChI=1S/C19H17N3O/c20-19(21-13-14-7-2-1-3-8-14)22-18(23)17-12-6-10-15-9-4-5-11-16(15)17/h1-12H,13H2,(H3,20,21,22,23). The first-order valence-corrected chi connectivity index (χ1v) is 7.37. The van der Waals surface area contributed by atoms with Crippen molar-refractivity contribution in [2.75, 3.05) is 0 Å². The van der Waals surface area contributed by atoms with Crippen LogP contribution in [-0.2, 0) is 6.54 Å². The molecule has 0 radical (unpaired) electrons. The lowest BCUT2D eigenvalue weighted by Crippen LogP contribution is -2.36. The van der Waals surface area contributed by atoms with Crippen LogP contribution in [0.3, 0.4) is 0 Å². The second-order valence-electron chi connectivity index (χ2n) is 5.17. The van der Waals surface area contributed by atoms with Crippen molar-refractivity contribution in [2.24, 2.45) is 10.7 Å². The molecule has 0 saturated heterocycles. The van der Waals surface area contributed by atoms with E-state index < -0.39 is 0 Å². The third-order valence-corrected chi connectivity index (χ3v) is 3.55. The summed E-state index contributed by atoms with van der Waals surface area (Å²) >= 11 is 0. The first-order valence-electron chi connectivity index (χ1n) is 7.37. The molecule has 0 bridgehead atoms. The summed E-state index contributed by atoms with van der Waals surface area (Å²) in [6.07, 6.45) is 0. The van der Waals surface area contributed by atoms with Crippen molar-refractivity contribution in [3.05, 3.63) is 83.9 Å². The molecule has 4 nitrogen and oxygen atoms in total. The Labute approximate surface area is 134 Å². The normalized spacial score (nSPS) is 11.4. The molecule has 3 N–H and O–H groups in total. The number of amides is 1. The lowest BCUT2D eigenvalue weighted by Gasteiger charge is -2.07. The number of carbonyl (C=O) groups excluding carboxylic acids is 1. The Morgan fingerprint density at radius 3 is 2.43 bits per heavy atom. The van der Waals surface area contributed by atoms with Crippen molar-refractivity contribution < 1.29 is 4.79 Å². The fourth-order valence-corrected chi connectivity index (χ4v) is 2.41. The molecule has 0 heterocycles. The van der Waals surface area contributed by atoms with E-state index in [0.717, 1.165) is 16.3 Å². The van der Waals surface area contributed by atoms with E-state index in [1.807, 2.05) is 66.7 Å². The van der Waals surface area contributed by atoms with E-state index in [2.05, 4.69) is 10.3 Å². The Morgan fingerprint density at radius 1 is 0.913 bits per heavy atom. The molecule has 3 aromatic rings. The maximum absolute atomic E-state index is 12.4. The zero-order chi connectivity index (χ0) is 16.1. The molecule has 3 rings (SSSR count). The number of aliphatic imine (C=N–C) groups is 1. The fraction of sp³-hybridized carbons (Fsp3) is 0.0526. The van der Waals surface area contributed by atoms with Crippen LogP contribution in [-0.4, -0.2) is 11.9 Å². The summed E-state index contributed by atoms with van der Waals surface area (Å²) in [4.78, 5) is 16.6. The molecule has 0 aliphatic heterocycles. The van der Waals surface area contributed by atoms with Gasteiger partial charge in [-0.25, -0.2) is 4.99 Å². The predicted octanol–water partition coefficient (Wildman–Crippen LogP) is 3.08. The summed E-state index contributed by atoms with van der Waals surface area (Å²) in [5.74, 6) is -0.136. The van der Waals surface area contributed by atoms with E-state index in [1.54, 1.807) is 6.07 Å². The molecule has 114 valence electrons. The fourth-order valence-electron chi connectivity index (χ4n) is 2.41. The Kier molecular flexibility index (Phi) is 4.34. The van der Waals surface area contributed by atoms with Gasteiger partial charge < -0.3 is 5.73 Å². The maximum atomic E-state index is 12.4. The lowest BCUT2D eigenvalue weighted by molar-refractivity contribution is 0.0978. The monoisotopic (exact) mass is 303 g/mol. The Hall–Kier alpha value is -3.14. The predicted molar refractivity (Wildman–Crippen MR) is 93.2 cm³/mol. The number of fused-ring (bicyclic) bond motifs is 1. The molecule has 3 aromatic carbocycles. The van der Waals surface area contributed by atoms with Gasteiger partial charge in [-0.15, -0.1) is 0 Å². The average molecular weight is 303 g/mol. The van der Waals surface area contributed by atoms with Gasteiger partial charge in [0.05, 0.1) is 6.54 Å². The molecule has 0 atom stereocenters. The molecule has 0 aliphatic carbocycles. The van der Waals surface area contributed by atoms with E-state index in [0.29, 0.717) is 12.1 Å². The third kappa shape index (κ3) is 3.55. The van der Waals surface area contributed by atoms with Gasteiger partial charge in [-0.1, -0.05) is 66.7 Å². The SMILES string of the molecule is NC(=NCc1ccccc1)NC(=O)c1cccc2ccccc12. The van der Waals surface area contributed by atoms with Crippen LogP contribution < -0.4 is 11.1 Å². The van der Waals surface area contributed by atoms with Gasteiger partial charge in [0.2, 0.25) is 0 Å². The largest absolute Gasteiger partial charge is 0.370 e. The number of rotatable bonds is 3. The minimum Gasteiger partial charge on any atom is -0.370 e. The second kappa shape index (κ2) is 6.75. The number of guanidine groups is 1. The van der Waals surface area contributed by atoms with Gasteiger partial charge in [-0.3, -0.25) is 10.1 Å². The quantitative estimate of drug-likeness (QED) is 0.577. The maximum Gasteiger partial charge on any atom is 0.258 e. The van der Waals surface area contributed by atoms with Crippen molar-refractivity contribution in [1.82, 2.24) is 5.32 Å². The molecule has 0 unspecified atom stereocenters. The van der Waals surface area contributed by atoms with Crippen molar-refractivity contribution in [3.63, 3.8) is 0 Å². The lowest BCUT2D eigenvalue weighted by atomic mass is 10.0. The average Bonchev–Trinajstić information content (AvgIpc) is 2.60. The smallest absolute Gasteiger partial charge is 0.258 e. The number of nitrogens with one attached hydrogen (secondary N) is 1. The first-order chi connectivity index (χ1) is 11.2. The van der Waals surface area contributed by atoms with Gasteiger partial charge >= 0.3 is 0 Å². The Morgan fingerprint density at radius 2 is 1.61 bits per heavy atom. The van der Waals surface area contributed by atoms with Crippen molar-refractivity contribution >= 4 is 22.6 Å². The Balaban J connectivity index is 1.75. The minimum absolute atomic E-state index is 0.117. The summed E-state index contributed by atoms with van der Waals surface area (Å²) in [5.41, 5.74) is 7.44. The van der Waals surface area contributed by atoms with Gasteiger partial charge in [0.15, 0.2) is 5.96 Å². The number of carbonyl (C=O) groups is 1. The summed E-state index contributed by atoms with van der Waals surface area (Å²) in [6, 6.07) is 23.1. The van der Waals surface area contributed by atoms with Gasteiger partial charge in [0.25, 0.3) is 5.91 Å². The van der Waals surface area contributed by atoms with Gasteiger partial charge in [0.1, 0.15) is 0 Å². The molecule has 4 heteroatoms. The molecular weight excluding hydrogens is 286 g/mol. The van der Waals surface area contributed by atoms with E-state index in [1.165, 1.54) is 0 Å². The zero-order valence-electron chi connectivity index (χ0n) is 12.6. The van der Waals surface area contributed by atoms with Gasteiger partial charge in [0, 0.05) is 5.56 Å². The third-order valence-electron chi connectivity index (χ3n) is 3.55. The highest BCUT2D eigenvalue weighted by Gasteiger charge is 2.10. The number of hydrogen-bond acceptors (Lipinski definition) is 2. The van der Waals surface area contributed by atoms with Crippen LogP contribution in [0.2, 0.25) is 0 Å². The molecule has 1 amide bonds. The van der Waals surface area contributed by atoms with Crippen molar-refractivity contribution in [2.45, 2.75) is 6.54 Å². The first kappa shape index (κ1) is 14.8. The molecule has 0 spiro atoms. The molecule has 0 aliphatic rings. The molecule has 0 aromatic heterocycles. The minimum atomic E-state index is -0.254. The van der Waals surface area contributed by atoms with Crippen LogP contribution in [0.25, 0.3) is 10.8 Å². The molecule has 23 heavy (non-hydrogen) atoms. The topological polar surface area (TPSA) is 67.5 Å². The van der Waals surface area contributed by atoms with Crippen LogP contribution >= 0.6 is 0 Å². The molecule has 0 fully saturated rings. The molecular formula is C19H17N3O. The van der Waals surface area contributed by atoms with E-state index >= 15 is 0 Å². The van der Waals surface area contributed by atoms with Crippen LogP contribution in [0.5, 0.6) is 0 Å². The summed E-state index contributed by atoms with van der Waals surface area (Å²) in [5, 5.41) is 4.55. The second-order valence-corrected chi connectivity index (χ2v) is 5.17. The van der Waals surface area contributed by atoms with Crippen molar-refractivity contribution in [3.8, 4) is 0 Å². The Bertz CT molecular complexity index is 851. The summed E-state index contributed by atoms with van der Waals surface area (Å²) in [6.45, 7) is 0.433. The summed E-state index contributed by atoms with van der Waals surface area (Å²) < 4.78 is 0. The van der Waals surface area contributed by atoms with E-state index in [9.17, 15) is 4.79 Å².